The number of ether oxygens (including phenoxy) is 2. The van der Waals surface area contributed by atoms with Crippen LogP contribution in [0.1, 0.15) is 63.0 Å². The molecule has 0 spiro atoms. The molecule has 4 heteroatoms. The zero-order valence-electron chi connectivity index (χ0n) is 14.5. The van der Waals surface area contributed by atoms with Crippen LogP contribution >= 0.6 is 0 Å². The van der Waals surface area contributed by atoms with Gasteiger partial charge in [-0.25, -0.2) is 0 Å². The van der Waals surface area contributed by atoms with Crippen molar-refractivity contribution in [3.05, 3.63) is 29.3 Å². The Morgan fingerprint density at radius 3 is 2.35 bits per heavy atom. The number of benzene rings is 1. The van der Waals surface area contributed by atoms with Crippen molar-refractivity contribution in [1.82, 2.24) is 0 Å². The van der Waals surface area contributed by atoms with Gasteiger partial charge in [-0.05, 0) is 50.3 Å². The third kappa shape index (κ3) is 7.82. The van der Waals surface area contributed by atoms with Crippen LogP contribution in [0.5, 0.6) is 5.75 Å². The van der Waals surface area contributed by atoms with E-state index >= 15 is 0 Å². The zero-order valence-corrected chi connectivity index (χ0v) is 14.5. The number of rotatable bonds is 10. The van der Waals surface area contributed by atoms with Crippen molar-refractivity contribution in [1.29, 1.82) is 0 Å². The zero-order chi connectivity index (χ0) is 17.1. The van der Waals surface area contributed by atoms with Crippen LogP contribution in [-0.2, 0) is 14.3 Å². The molecule has 0 atom stereocenters. The van der Waals surface area contributed by atoms with E-state index in [1.807, 2.05) is 26.0 Å². The first-order valence-electron chi connectivity index (χ1n) is 8.47. The van der Waals surface area contributed by atoms with E-state index in [-0.39, 0.29) is 11.9 Å². The molecule has 0 amide bonds. The molecule has 0 unspecified atom stereocenters. The quantitative estimate of drug-likeness (QED) is 0.362. The highest BCUT2D eigenvalue weighted by molar-refractivity contribution is 5.73. The molecule has 0 aliphatic carbocycles. The van der Waals surface area contributed by atoms with Crippen molar-refractivity contribution < 1.29 is 19.1 Å². The number of esters is 2. The van der Waals surface area contributed by atoms with Crippen LogP contribution in [-0.4, -0.2) is 18.5 Å². The molecule has 0 radical (unpaired) electrons. The first-order valence-corrected chi connectivity index (χ1v) is 8.47. The molecule has 0 N–H and O–H groups in total. The van der Waals surface area contributed by atoms with Crippen molar-refractivity contribution in [2.75, 3.05) is 6.61 Å². The van der Waals surface area contributed by atoms with Crippen molar-refractivity contribution in [2.45, 2.75) is 65.7 Å². The van der Waals surface area contributed by atoms with Gasteiger partial charge >= 0.3 is 11.9 Å². The Hall–Kier alpha value is -1.84. The number of hydrogen-bond donors (Lipinski definition) is 0. The molecule has 1 aromatic rings. The van der Waals surface area contributed by atoms with Gasteiger partial charge in [0.2, 0.25) is 0 Å². The van der Waals surface area contributed by atoms with E-state index < -0.39 is 0 Å². The van der Waals surface area contributed by atoms with E-state index in [9.17, 15) is 9.59 Å². The maximum atomic E-state index is 11.8. The number of aryl methyl sites for hydroxylation is 1. The first kappa shape index (κ1) is 19.2. The molecule has 4 nitrogen and oxygen atoms in total. The summed E-state index contributed by atoms with van der Waals surface area (Å²) in [5.74, 6) is 0.185. The SMILES string of the molecule is CCCCCOC(=O)CCCCC(=O)Oc1cccc(C)c1C. The Kier molecular flexibility index (Phi) is 9.03. The second kappa shape index (κ2) is 10.8. The van der Waals surface area contributed by atoms with E-state index in [1.54, 1.807) is 6.07 Å². The molecule has 0 saturated carbocycles. The average Bonchev–Trinajstić information content (AvgIpc) is 2.53. The average molecular weight is 320 g/mol. The summed E-state index contributed by atoms with van der Waals surface area (Å²) in [6, 6.07) is 5.66. The highest BCUT2D eigenvalue weighted by atomic mass is 16.5. The lowest BCUT2D eigenvalue weighted by Crippen LogP contribution is -2.10. The number of carbonyl (C=O) groups is 2. The summed E-state index contributed by atoms with van der Waals surface area (Å²) in [4.78, 5) is 23.3. The molecule has 1 aromatic carbocycles. The summed E-state index contributed by atoms with van der Waals surface area (Å²) in [6.45, 7) is 6.53. The summed E-state index contributed by atoms with van der Waals surface area (Å²) in [5, 5.41) is 0. The molecule has 0 aliphatic heterocycles. The lowest BCUT2D eigenvalue weighted by molar-refractivity contribution is -0.144. The van der Waals surface area contributed by atoms with Crippen molar-refractivity contribution >= 4 is 11.9 Å². The highest BCUT2D eigenvalue weighted by Gasteiger charge is 2.09. The largest absolute Gasteiger partial charge is 0.466 e. The smallest absolute Gasteiger partial charge is 0.311 e. The lowest BCUT2D eigenvalue weighted by atomic mass is 10.1. The van der Waals surface area contributed by atoms with Crippen molar-refractivity contribution in [3.63, 3.8) is 0 Å². The molecule has 0 aliphatic rings. The number of unbranched alkanes of at least 4 members (excludes halogenated alkanes) is 3. The van der Waals surface area contributed by atoms with Crippen molar-refractivity contribution in [2.24, 2.45) is 0 Å². The Morgan fingerprint density at radius 2 is 1.65 bits per heavy atom. The maximum Gasteiger partial charge on any atom is 0.311 e. The summed E-state index contributed by atoms with van der Waals surface area (Å²) >= 11 is 0. The van der Waals surface area contributed by atoms with Crippen LogP contribution in [0.2, 0.25) is 0 Å². The highest BCUT2D eigenvalue weighted by Crippen LogP contribution is 2.21. The molecule has 0 heterocycles. The fourth-order valence-corrected chi connectivity index (χ4v) is 2.16. The summed E-state index contributed by atoms with van der Waals surface area (Å²) in [6.07, 6.45) is 5.07. The van der Waals surface area contributed by atoms with E-state index in [0.29, 0.717) is 38.0 Å². The van der Waals surface area contributed by atoms with Gasteiger partial charge in [-0.1, -0.05) is 31.9 Å². The van der Waals surface area contributed by atoms with Crippen LogP contribution in [0.3, 0.4) is 0 Å². The third-order valence-corrected chi connectivity index (χ3v) is 3.80. The maximum absolute atomic E-state index is 11.8. The van der Waals surface area contributed by atoms with Gasteiger partial charge in [-0.2, -0.15) is 0 Å². The van der Waals surface area contributed by atoms with Gasteiger partial charge in [-0.15, -0.1) is 0 Å². The molecule has 0 bridgehead atoms. The number of hydrogen-bond acceptors (Lipinski definition) is 4. The van der Waals surface area contributed by atoms with Gasteiger partial charge in [0.15, 0.2) is 0 Å². The monoisotopic (exact) mass is 320 g/mol. The summed E-state index contributed by atoms with van der Waals surface area (Å²) in [5.41, 5.74) is 2.08. The standard InChI is InChI=1S/C19H28O4/c1-4-5-8-14-22-18(20)12-6-7-13-19(21)23-17-11-9-10-15(2)16(17)3/h9-11H,4-8,12-14H2,1-3H3. The Labute approximate surface area is 139 Å². The topological polar surface area (TPSA) is 52.6 Å². The Morgan fingerprint density at radius 1 is 0.957 bits per heavy atom. The molecular formula is C19H28O4. The molecular weight excluding hydrogens is 292 g/mol. The van der Waals surface area contributed by atoms with E-state index in [0.717, 1.165) is 30.4 Å². The lowest BCUT2D eigenvalue weighted by Gasteiger charge is -2.09. The summed E-state index contributed by atoms with van der Waals surface area (Å²) in [7, 11) is 0. The van der Waals surface area contributed by atoms with E-state index in [1.165, 1.54) is 0 Å². The Balaban J connectivity index is 2.17. The fourth-order valence-electron chi connectivity index (χ4n) is 2.16. The second-order valence-corrected chi connectivity index (χ2v) is 5.81. The van der Waals surface area contributed by atoms with Gasteiger partial charge in [-0.3, -0.25) is 9.59 Å². The van der Waals surface area contributed by atoms with Crippen LogP contribution in [0, 0.1) is 13.8 Å². The predicted octanol–water partition coefficient (Wildman–Crippen LogP) is 4.50. The van der Waals surface area contributed by atoms with Gasteiger partial charge in [0, 0.05) is 12.8 Å². The molecule has 1 rings (SSSR count). The molecule has 0 saturated heterocycles. The molecule has 0 fully saturated rings. The molecule has 0 aromatic heterocycles. The van der Waals surface area contributed by atoms with Gasteiger partial charge in [0.25, 0.3) is 0 Å². The fraction of sp³-hybridized carbons (Fsp3) is 0.579. The van der Waals surface area contributed by atoms with Crippen LogP contribution in [0.25, 0.3) is 0 Å². The van der Waals surface area contributed by atoms with Crippen molar-refractivity contribution in [3.8, 4) is 5.75 Å². The van der Waals surface area contributed by atoms with Gasteiger partial charge in [0.1, 0.15) is 5.75 Å². The van der Waals surface area contributed by atoms with E-state index in [2.05, 4.69) is 6.92 Å². The predicted molar refractivity (Wildman–Crippen MR) is 90.5 cm³/mol. The minimum absolute atomic E-state index is 0.177. The molecule has 128 valence electrons. The normalized spacial score (nSPS) is 10.4. The van der Waals surface area contributed by atoms with Crippen LogP contribution in [0.15, 0.2) is 18.2 Å². The third-order valence-electron chi connectivity index (χ3n) is 3.80. The van der Waals surface area contributed by atoms with Gasteiger partial charge < -0.3 is 9.47 Å². The van der Waals surface area contributed by atoms with Crippen LogP contribution in [0.4, 0.5) is 0 Å². The minimum atomic E-state index is -0.255. The first-order chi connectivity index (χ1) is 11.0. The van der Waals surface area contributed by atoms with E-state index in [4.69, 9.17) is 9.47 Å². The number of carbonyl (C=O) groups excluding carboxylic acids is 2. The minimum Gasteiger partial charge on any atom is -0.466 e. The van der Waals surface area contributed by atoms with Crippen LogP contribution < -0.4 is 4.74 Å². The second-order valence-electron chi connectivity index (χ2n) is 5.81. The Bertz CT molecular complexity index is 508. The van der Waals surface area contributed by atoms with Gasteiger partial charge in [0.05, 0.1) is 6.61 Å². The summed E-state index contributed by atoms with van der Waals surface area (Å²) < 4.78 is 10.5. The molecule has 23 heavy (non-hydrogen) atoms.